The number of benzene rings is 1. The summed E-state index contributed by atoms with van der Waals surface area (Å²) in [6, 6.07) is 12.0. The largest absolute Gasteiger partial charge is 0.354 e. The molecule has 1 aliphatic heterocycles. The molecule has 1 saturated heterocycles. The van der Waals surface area contributed by atoms with E-state index in [0.717, 1.165) is 52.3 Å². The summed E-state index contributed by atoms with van der Waals surface area (Å²) in [5.74, 6) is 1.63. The molecule has 4 rings (SSSR count). The van der Waals surface area contributed by atoms with Gasteiger partial charge in [0.15, 0.2) is 0 Å². The minimum absolute atomic E-state index is 0.0686. The van der Waals surface area contributed by atoms with Crippen LogP contribution in [0.5, 0.6) is 0 Å². The highest BCUT2D eigenvalue weighted by Gasteiger charge is 2.26. The van der Waals surface area contributed by atoms with Gasteiger partial charge in [-0.3, -0.25) is 4.79 Å². The molecule has 0 atom stereocenters. The summed E-state index contributed by atoms with van der Waals surface area (Å²) in [4.78, 5) is 31.7. The summed E-state index contributed by atoms with van der Waals surface area (Å²) in [5, 5.41) is 4.07. The lowest BCUT2D eigenvalue weighted by atomic mass is 10.2. The Kier molecular flexibility index (Phi) is 5.94. The average Bonchev–Trinajstić information content (AvgIpc) is 3.15. The van der Waals surface area contributed by atoms with Gasteiger partial charge in [0.2, 0.25) is 5.95 Å². The molecule has 7 nitrogen and oxygen atoms in total. The topological polar surface area (TPSA) is 74.2 Å². The molecule has 8 heteroatoms. The third kappa shape index (κ3) is 4.28. The zero-order valence-electron chi connectivity index (χ0n) is 17.6. The number of hydrogen-bond donors (Lipinski definition) is 1. The van der Waals surface area contributed by atoms with Crippen molar-refractivity contribution in [1.29, 1.82) is 0 Å². The Morgan fingerprint density at radius 2 is 1.80 bits per heavy atom. The zero-order chi connectivity index (χ0) is 21.1. The molecule has 0 spiro atoms. The lowest BCUT2D eigenvalue weighted by molar-refractivity contribution is 0.0750. The van der Waals surface area contributed by atoms with Crippen molar-refractivity contribution in [2.24, 2.45) is 0 Å². The molecule has 0 unspecified atom stereocenters. The summed E-state index contributed by atoms with van der Waals surface area (Å²) in [6.07, 6.45) is 0. The van der Waals surface area contributed by atoms with E-state index in [1.807, 2.05) is 62.1 Å². The molecule has 0 aliphatic carbocycles. The number of hydrogen-bond acceptors (Lipinski definition) is 7. The van der Waals surface area contributed by atoms with E-state index < -0.39 is 0 Å². The molecule has 2 aromatic heterocycles. The van der Waals surface area contributed by atoms with Crippen LogP contribution in [-0.2, 0) is 0 Å². The fraction of sp³-hybridized carbons (Fsp3) is 0.364. The second kappa shape index (κ2) is 8.79. The maximum Gasteiger partial charge on any atom is 0.265 e. The molecule has 3 heterocycles. The van der Waals surface area contributed by atoms with Gasteiger partial charge in [-0.15, -0.1) is 11.3 Å². The van der Waals surface area contributed by atoms with Crippen molar-refractivity contribution in [2.75, 3.05) is 42.9 Å². The second-order valence-electron chi connectivity index (χ2n) is 7.30. The highest BCUT2D eigenvalue weighted by atomic mass is 32.1. The molecular weight excluding hydrogens is 396 g/mol. The first kappa shape index (κ1) is 20.3. The van der Waals surface area contributed by atoms with Crippen LogP contribution in [0.25, 0.3) is 10.6 Å². The quantitative estimate of drug-likeness (QED) is 0.677. The van der Waals surface area contributed by atoms with E-state index in [9.17, 15) is 4.79 Å². The third-order valence-electron chi connectivity index (χ3n) is 5.08. The predicted octanol–water partition coefficient (Wildman–Crippen LogP) is 3.61. The fourth-order valence-corrected chi connectivity index (χ4v) is 4.57. The van der Waals surface area contributed by atoms with Crippen LogP contribution in [0.15, 0.2) is 36.4 Å². The van der Waals surface area contributed by atoms with E-state index >= 15 is 0 Å². The van der Waals surface area contributed by atoms with Crippen molar-refractivity contribution < 1.29 is 4.79 Å². The minimum atomic E-state index is 0.0686. The number of thiazole rings is 1. The first-order chi connectivity index (χ1) is 14.5. The maximum atomic E-state index is 13.1. The molecular formula is C22H26N6OS. The first-order valence-electron chi connectivity index (χ1n) is 10.2. The zero-order valence-corrected chi connectivity index (χ0v) is 18.4. The van der Waals surface area contributed by atoms with Gasteiger partial charge in [-0.1, -0.05) is 30.3 Å². The Hall–Kier alpha value is -3.00. The van der Waals surface area contributed by atoms with Gasteiger partial charge in [-0.2, -0.15) is 4.98 Å². The van der Waals surface area contributed by atoms with Gasteiger partial charge in [0.25, 0.3) is 5.91 Å². The van der Waals surface area contributed by atoms with Crippen molar-refractivity contribution in [3.05, 3.63) is 52.7 Å². The number of nitrogens with one attached hydrogen (secondary N) is 1. The lowest BCUT2D eigenvalue weighted by Crippen LogP contribution is -2.49. The number of aryl methyl sites for hydroxylation is 2. The molecule has 0 radical (unpaired) electrons. The van der Waals surface area contributed by atoms with Crippen molar-refractivity contribution in [3.8, 4) is 10.6 Å². The number of anilines is 2. The molecule has 30 heavy (non-hydrogen) atoms. The number of amides is 1. The van der Waals surface area contributed by atoms with E-state index in [1.54, 1.807) is 0 Å². The van der Waals surface area contributed by atoms with Crippen molar-refractivity contribution in [1.82, 2.24) is 19.9 Å². The number of aromatic nitrogens is 3. The standard InChI is InChI=1S/C22H26N6OS/c1-4-23-22-24-15(2)14-18(26-22)27-10-12-28(13-11-27)21(29)19-16(3)25-20(30-19)17-8-6-5-7-9-17/h5-9,14H,4,10-13H2,1-3H3,(H,23,24,26). The Labute approximate surface area is 180 Å². The van der Waals surface area contributed by atoms with Gasteiger partial charge in [0.05, 0.1) is 5.69 Å². The van der Waals surface area contributed by atoms with Crippen LogP contribution in [0.2, 0.25) is 0 Å². The molecule has 0 bridgehead atoms. The molecule has 1 N–H and O–H groups in total. The fourth-order valence-electron chi connectivity index (χ4n) is 3.53. The molecule has 1 aliphatic rings. The van der Waals surface area contributed by atoms with E-state index in [-0.39, 0.29) is 5.91 Å². The van der Waals surface area contributed by atoms with Gasteiger partial charge < -0.3 is 15.1 Å². The summed E-state index contributed by atoms with van der Waals surface area (Å²) in [6.45, 7) is 9.52. The van der Waals surface area contributed by atoms with Crippen molar-refractivity contribution in [2.45, 2.75) is 20.8 Å². The van der Waals surface area contributed by atoms with Crippen LogP contribution >= 0.6 is 11.3 Å². The predicted molar refractivity (Wildman–Crippen MR) is 121 cm³/mol. The normalized spacial score (nSPS) is 14.1. The maximum absolute atomic E-state index is 13.1. The van der Waals surface area contributed by atoms with Gasteiger partial charge in [0, 0.05) is 50.0 Å². The Morgan fingerprint density at radius 3 is 2.50 bits per heavy atom. The Balaban J connectivity index is 1.45. The number of nitrogens with zero attached hydrogens (tertiary/aromatic N) is 5. The molecule has 156 valence electrons. The number of rotatable bonds is 5. The summed E-state index contributed by atoms with van der Waals surface area (Å²) in [5.41, 5.74) is 2.78. The SMILES string of the molecule is CCNc1nc(C)cc(N2CCN(C(=O)c3sc(-c4ccccc4)nc3C)CC2)n1. The number of carbonyl (C=O) groups is 1. The van der Waals surface area contributed by atoms with E-state index in [4.69, 9.17) is 0 Å². The van der Waals surface area contributed by atoms with Crippen molar-refractivity contribution in [3.63, 3.8) is 0 Å². The van der Waals surface area contributed by atoms with Crippen LogP contribution in [0.3, 0.4) is 0 Å². The Morgan fingerprint density at radius 1 is 1.07 bits per heavy atom. The van der Waals surface area contributed by atoms with Crippen molar-refractivity contribution >= 4 is 29.0 Å². The first-order valence-corrected chi connectivity index (χ1v) is 11.0. The van der Waals surface area contributed by atoms with Crippen LogP contribution in [0.4, 0.5) is 11.8 Å². The summed E-state index contributed by atoms with van der Waals surface area (Å²) < 4.78 is 0. The monoisotopic (exact) mass is 422 g/mol. The van der Waals surface area contributed by atoms with Crippen LogP contribution in [-0.4, -0.2) is 58.5 Å². The average molecular weight is 423 g/mol. The van der Waals surface area contributed by atoms with Crippen LogP contribution < -0.4 is 10.2 Å². The number of carbonyl (C=O) groups excluding carboxylic acids is 1. The lowest BCUT2D eigenvalue weighted by Gasteiger charge is -2.35. The van der Waals surface area contributed by atoms with E-state index in [1.165, 1.54) is 11.3 Å². The van der Waals surface area contributed by atoms with Crippen LogP contribution in [0.1, 0.15) is 28.0 Å². The smallest absolute Gasteiger partial charge is 0.265 e. The molecule has 0 saturated carbocycles. The molecule has 3 aromatic rings. The van der Waals surface area contributed by atoms with Gasteiger partial charge in [-0.05, 0) is 20.8 Å². The Bertz CT molecular complexity index is 1030. The third-order valence-corrected chi connectivity index (χ3v) is 6.27. The highest BCUT2D eigenvalue weighted by molar-refractivity contribution is 7.17. The van der Waals surface area contributed by atoms with E-state index in [0.29, 0.717) is 19.0 Å². The summed E-state index contributed by atoms with van der Waals surface area (Å²) in [7, 11) is 0. The minimum Gasteiger partial charge on any atom is -0.354 e. The summed E-state index contributed by atoms with van der Waals surface area (Å²) >= 11 is 1.48. The van der Waals surface area contributed by atoms with Gasteiger partial charge in [0.1, 0.15) is 15.7 Å². The molecule has 1 amide bonds. The highest BCUT2D eigenvalue weighted by Crippen LogP contribution is 2.29. The van der Waals surface area contributed by atoms with Gasteiger partial charge >= 0.3 is 0 Å². The van der Waals surface area contributed by atoms with E-state index in [2.05, 4.69) is 25.2 Å². The van der Waals surface area contributed by atoms with Gasteiger partial charge in [-0.25, -0.2) is 9.97 Å². The van der Waals surface area contributed by atoms with Crippen LogP contribution in [0, 0.1) is 13.8 Å². The number of piperazine rings is 1. The second-order valence-corrected chi connectivity index (χ2v) is 8.30. The molecule has 1 aromatic carbocycles. The molecule has 1 fully saturated rings.